The number of aromatic nitrogens is 1. The van der Waals surface area contributed by atoms with Gasteiger partial charge >= 0.3 is 0 Å². The van der Waals surface area contributed by atoms with Crippen molar-refractivity contribution in [2.24, 2.45) is 0 Å². The maximum Gasteiger partial charge on any atom is 0.169 e. The van der Waals surface area contributed by atoms with Crippen LogP contribution in [0.4, 0.5) is 5.82 Å². The first-order chi connectivity index (χ1) is 7.79. The second-order valence-electron chi connectivity index (χ2n) is 3.56. The molecule has 2 rings (SSSR count). The fraction of sp³-hybridized carbons (Fsp3) is 0.250. The fourth-order valence-electron chi connectivity index (χ4n) is 1.52. The number of nitrogens with two attached hydrogens (primary N) is 1. The van der Waals surface area contributed by atoms with E-state index in [0.29, 0.717) is 18.2 Å². The lowest BCUT2D eigenvalue weighted by atomic mass is 10.1. The number of rotatable bonds is 4. The van der Waals surface area contributed by atoms with Crippen LogP contribution in [0.5, 0.6) is 0 Å². The Morgan fingerprint density at radius 3 is 2.94 bits per heavy atom. The Morgan fingerprint density at radius 2 is 2.25 bits per heavy atom. The molecule has 0 aliphatic rings. The molecule has 84 valence electrons. The molecule has 0 aliphatic carbocycles. The minimum atomic E-state index is 0.400. The molecule has 0 fully saturated rings. The van der Waals surface area contributed by atoms with Crippen LogP contribution in [0.2, 0.25) is 0 Å². The highest BCUT2D eigenvalue weighted by Gasteiger charge is 2.05. The Bertz CT molecular complexity index is 466. The molecule has 4 heteroatoms. The quantitative estimate of drug-likeness (QED) is 0.853. The molecular formula is C12H14N2O2. The van der Waals surface area contributed by atoms with Crippen LogP contribution in [-0.2, 0) is 11.2 Å². The number of benzene rings is 1. The Kier molecular flexibility index (Phi) is 3.22. The zero-order valence-corrected chi connectivity index (χ0v) is 9.14. The van der Waals surface area contributed by atoms with Gasteiger partial charge in [-0.2, -0.15) is 0 Å². The highest BCUT2D eigenvalue weighted by atomic mass is 16.5. The zero-order chi connectivity index (χ0) is 11.4. The summed E-state index contributed by atoms with van der Waals surface area (Å²) >= 11 is 0. The number of anilines is 1. The molecule has 1 aromatic heterocycles. The van der Waals surface area contributed by atoms with Gasteiger partial charge in [-0.3, -0.25) is 0 Å². The number of ether oxygens (including phenoxy) is 1. The fourth-order valence-corrected chi connectivity index (χ4v) is 1.52. The molecule has 0 saturated heterocycles. The van der Waals surface area contributed by atoms with Crippen LogP contribution >= 0.6 is 0 Å². The molecule has 0 bridgehead atoms. The predicted molar refractivity (Wildman–Crippen MR) is 61.9 cm³/mol. The van der Waals surface area contributed by atoms with Gasteiger partial charge in [0.15, 0.2) is 11.6 Å². The van der Waals surface area contributed by atoms with Gasteiger partial charge in [0.25, 0.3) is 0 Å². The van der Waals surface area contributed by atoms with Gasteiger partial charge < -0.3 is 15.0 Å². The highest BCUT2D eigenvalue weighted by molar-refractivity contribution is 5.60. The van der Waals surface area contributed by atoms with Crippen molar-refractivity contribution < 1.29 is 9.26 Å². The topological polar surface area (TPSA) is 61.3 Å². The van der Waals surface area contributed by atoms with E-state index in [1.54, 1.807) is 13.2 Å². The van der Waals surface area contributed by atoms with Crippen molar-refractivity contribution in [3.05, 3.63) is 35.9 Å². The van der Waals surface area contributed by atoms with E-state index in [0.717, 1.165) is 12.0 Å². The van der Waals surface area contributed by atoms with E-state index in [1.807, 2.05) is 12.1 Å². The van der Waals surface area contributed by atoms with Crippen molar-refractivity contribution >= 4 is 5.82 Å². The Balaban J connectivity index is 2.22. The lowest BCUT2D eigenvalue weighted by Gasteiger charge is -2.02. The van der Waals surface area contributed by atoms with Gasteiger partial charge in [-0.05, 0) is 18.1 Å². The first-order valence-corrected chi connectivity index (χ1v) is 5.10. The summed E-state index contributed by atoms with van der Waals surface area (Å²) in [5, 5.41) is 3.66. The van der Waals surface area contributed by atoms with E-state index < -0.39 is 0 Å². The van der Waals surface area contributed by atoms with E-state index in [-0.39, 0.29) is 0 Å². The summed E-state index contributed by atoms with van der Waals surface area (Å²) in [6.07, 6.45) is 0.883. The molecule has 0 aliphatic heterocycles. The molecule has 0 spiro atoms. The molecule has 0 atom stereocenters. The van der Waals surface area contributed by atoms with Gasteiger partial charge in [-0.15, -0.1) is 0 Å². The van der Waals surface area contributed by atoms with E-state index in [4.69, 9.17) is 15.0 Å². The third-order valence-corrected chi connectivity index (χ3v) is 2.33. The average Bonchev–Trinajstić information content (AvgIpc) is 2.74. The molecule has 4 nitrogen and oxygen atoms in total. The van der Waals surface area contributed by atoms with Gasteiger partial charge in [-0.25, -0.2) is 0 Å². The molecule has 2 aromatic rings. The van der Waals surface area contributed by atoms with Crippen LogP contribution in [0, 0.1) is 0 Å². The van der Waals surface area contributed by atoms with E-state index in [9.17, 15) is 0 Å². The van der Waals surface area contributed by atoms with E-state index in [1.165, 1.54) is 5.56 Å². The summed E-state index contributed by atoms with van der Waals surface area (Å²) in [7, 11) is 1.70. The maximum absolute atomic E-state index is 5.51. The van der Waals surface area contributed by atoms with E-state index in [2.05, 4.69) is 17.3 Å². The second-order valence-corrected chi connectivity index (χ2v) is 3.56. The minimum absolute atomic E-state index is 0.400. The predicted octanol–water partition coefficient (Wildman–Crippen LogP) is 2.11. The summed E-state index contributed by atoms with van der Waals surface area (Å²) in [4.78, 5) is 0. The summed E-state index contributed by atoms with van der Waals surface area (Å²) in [6.45, 7) is 0.710. The summed E-state index contributed by atoms with van der Waals surface area (Å²) < 4.78 is 10.1. The minimum Gasteiger partial charge on any atom is -0.384 e. The van der Waals surface area contributed by atoms with Crippen molar-refractivity contribution in [3.8, 4) is 11.3 Å². The van der Waals surface area contributed by atoms with Crippen LogP contribution in [-0.4, -0.2) is 18.9 Å². The van der Waals surface area contributed by atoms with Crippen LogP contribution in [0.15, 0.2) is 34.9 Å². The van der Waals surface area contributed by atoms with Gasteiger partial charge in [-0.1, -0.05) is 23.4 Å². The van der Waals surface area contributed by atoms with Gasteiger partial charge in [0.2, 0.25) is 0 Å². The van der Waals surface area contributed by atoms with Crippen molar-refractivity contribution in [2.75, 3.05) is 19.5 Å². The summed E-state index contributed by atoms with van der Waals surface area (Å²) in [5.74, 6) is 1.09. The Morgan fingerprint density at radius 1 is 1.38 bits per heavy atom. The first-order valence-electron chi connectivity index (χ1n) is 5.10. The lowest BCUT2D eigenvalue weighted by Crippen LogP contribution is -1.94. The van der Waals surface area contributed by atoms with Crippen molar-refractivity contribution in [2.45, 2.75) is 6.42 Å². The molecule has 0 saturated carbocycles. The van der Waals surface area contributed by atoms with Gasteiger partial charge in [0, 0.05) is 18.7 Å². The van der Waals surface area contributed by atoms with Crippen molar-refractivity contribution in [1.29, 1.82) is 0 Å². The third kappa shape index (κ3) is 2.41. The molecule has 1 heterocycles. The third-order valence-electron chi connectivity index (χ3n) is 2.33. The summed E-state index contributed by atoms with van der Waals surface area (Å²) in [6, 6.07) is 9.78. The van der Waals surface area contributed by atoms with Crippen molar-refractivity contribution in [1.82, 2.24) is 5.16 Å². The maximum atomic E-state index is 5.51. The highest BCUT2D eigenvalue weighted by Crippen LogP contribution is 2.22. The Hall–Kier alpha value is -1.81. The second kappa shape index (κ2) is 4.81. The van der Waals surface area contributed by atoms with E-state index >= 15 is 0 Å². The van der Waals surface area contributed by atoms with Crippen LogP contribution in [0.3, 0.4) is 0 Å². The van der Waals surface area contributed by atoms with Crippen LogP contribution in [0.1, 0.15) is 5.56 Å². The molecule has 0 amide bonds. The first kappa shape index (κ1) is 10.7. The number of hydrogen-bond acceptors (Lipinski definition) is 4. The number of hydrogen-bond donors (Lipinski definition) is 1. The summed E-state index contributed by atoms with van der Waals surface area (Å²) in [5.41, 5.74) is 7.70. The average molecular weight is 218 g/mol. The van der Waals surface area contributed by atoms with Gasteiger partial charge in [0.1, 0.15) is 0 Å². The molecule has 0 radical (unpaired) electrons. The SMILES string of the molecule is COCCc1cccc(-c2cc(N)no2)c1. The monoisotopic (exact) mass is 218 g/mol. The van der Waals surface area contributed by atoms with Crippen LogP contribution < -0.4 is 5.73 Å². The number of nitrogens with zero attached hydrogens (tertiary/aromatic N) is 1. The molecule has 2 N–H and O–H groups in total. The zero-order valence-electron chi connectivity index (χ0n) is 9.14. The molecular weight excluding hydrogens is 204 g/mol. The van der Waals surface area contributed by atoms with Gasteiger partial charge in [0.05, 0.1) is 6.61 Å². The molecule has 0 unspecified atom stereocenters. The molecule has 1 aromatic carbocycles. The lowest BCUT2D eigenvalue weighted by molar-refractivity contribution is 0.202. The standard InChI is InChI=1S/C12H14N2O2/c1-15-6-5-9-3-2-4-10(7-9)11-8-12(13)14-16-11/h2-4,7-8H,5-6H2,1H3,(H2,13,14). The van der Waals surface area contributed by atoms with Crippen molar-refractivity contribution in [3.63, 3.8) is 0 Å². The number of methoxy groups -OCH3 is 1. The largest absolute Gasteiger partial charge is 0.384 e. The normalized spacial score (nSPS) is 10.6. The number of nitrogen functional groups attached to an aromatic ring is 1. The smallest absolute Gasteiger partial charge is 0.169 e. The Labute approximate surface area is 94.0 Å². The molecule has 16 heavy (non-hydrogen) atoms. The van der Waals surface area contributed by atoms with Crippen LogP contribution in [0.25, 0.3) is 11.3 Å².